The highest BCUT2D eigenvalue weighted by molar-refractivity contribution is 6.04. The molecule has 0 fully saturated rings. The highest BCUT2D eigenvalue weighted by atomic mass is 16.5. The van der Waals surface area contributed by atoms with Crippen molar-refractivity contribution in [2.45, 2.75) is 19.3 Å². The van der Waals surface area contributed by atoms with E-state index in [9.17, 15) is 4.79 Å². The van der Waals surface area contributed by atoms with Gasteiger partial charge in [-0.1, -0.05) is 18.2 Å². The van der Waals surface area contributed by atoms with Crippen molar-refractivity contribution < 1.29 is 19.0 Å². The van der Waals surface area contributed by atoms with Gasteiger partial charge in [0.1, 0.15) is 0 Å². The zero-order valence-corrected chi connectivity index (χ0v) is 16.7. The van der Waals surface area contributed by atoms with Crippen LogP contribution < -0.4 is 19.5 Å². The van der Waals surface area contributed by atoms with E-state index in [1.54, 1.807) is 12.1 Å². The third-order valence-electron chi connectivity index (χ3n) is 5.07. The zero-order valence-electron chi connectivity index (χ0n) is 16.7. The monoisotopic (exact) mass is 393 g/mol. The number of ether oxygens (including phenoxy) is 3. The minimum Gasteiger partial charge on any atom is -0.493 e. The number of para-hydroxylation sites is 1. The average molecular weight is 393 g/mol. The van der Waals surface area contributed by atoms with E-state index in [1.807, 2.05) is 35.0 Å². The molecule has 1 aliphatic carbocycles. The normalized spacial score (nSPS) is 12.4. The summed E-state index contributed by atoms with van der Waals surface area (Å²) in [7, 11) is 4.62. The molecule has 0 unspecified atom stereocenters. The Labute approximate surface area is 169 Å². The van der Waals surface area contributed by atoms with E-state index in [2.05, 4.69) is 10.4 Å². The highest BCUT2D eigenvalue weighted by Gasteiger charge is 2.27. The number of nitrogens with one attached hydrogen (secondary N) is 1. The molecular formula is C22H23N3O4. The van der Waals surface area contributed by atoms with Gasteiger partial charge in [0.25, 0.3) is 5.91 Å². The van der Waals surface area contributed by atoms with Crippen molar-refractivity contribution in [2.24, 2.45) is 0 Å². The van der Waals surface area contributed by atoms with Crippen molar-refractivity contribution in [3.05, 3.63) is 59.4 Å². The number of aromatic nitrogens is 2. The first-order valence-corrected chi connectivity index (χ1v) is 9.43. The van der Waals surface area contributed by atoms with Crippen molar-refractivity contribution >= 4 is 11.6 Å². The molecule has 0 atom stereocenters. The third kappa shape index (κ3) is 3.40. The van der Waals surface area contributed by atoms with Crippen molar-refractivity contribution in [1.29, 1.82) is 0 Å². The van der Waals surface area contributed by atoms with Gasteiger partial charge >= 0.3 is 0 Å². The highest BCUT2D eigenvalue weighted by Crippen LogP contribution is 2.40. The maximum absolute atomic E-state index is 13.1. The lowest BCUT2D eigenvalue weighted by molar-refractivity contribution is 0.102. The largest absolute Gasteiger partial charge is 0.493 e. The first kappa shape index (κ1) is 18.9. The lowest BCUT2D eigenvalue weighted by Crippen LogP contribution is -2.15. The molecule has 2 aromatic carbocycles. The lowest BCUT2D eigenvalue weighted by atomic mass is 10.2. The number of hydrogen-bond donors (Lipinski definition) is 1. The van der Waals surface area contributed by atoms with Gasteiger partial charge < -0.3 is 19.5 Å². The molecule has 7 heteroatoms. The van der Waals surface area contributed by atoms with Crippen LogP contribution in [0.15, 0.2) is 42.5 Å². The molecule has 29 heavy (non-hydrogen) atoms. The van der Waals surface area contributed by atoms with Crippen molar-refractivity contribution in [1.82, 2.24) is 9.78 Å². The molecule has 1 N–H and O–H groups in total. The number of carbonyl (C=O) groups is 1. The van der Waals surface area contributed by atoms with Gasteiger partial charge in [0.2, 0.25) is 5.75 Å². The van der Waals surface area contributed by atoms with Crippen LogP contribution >= 0.6 is 0 Å². The van der Waals surface area contributed by atoms with Gasteiger partial charge in [-0.3, -0.25) is 4.79 Å². The molecule has 0 bridgehead atoms. The number of anilines is 1. The van der Waals surface area contributed by atoms with Crippen LogP contribution in [0.3, 0.4) is 0 Å². The van der Waals surface area contributed by atoms with Gasteiger partial charge in [0, 0.05) is 29.1 Å². The summed E-state index contributed by atoms with van der Waals surface area (Å²) >= 11 is 0. The SMILES string of the molecule is COc1cc(NC(=O)c2nn(-c3ccccc3)c3c2CCC3)cc(OC)c1OC. The summed E-state index contributed by atoms with van der Waals surface area (Å²) in [6.07, 6.45) is 2.78. The molecule has 4 rings (SSSR count). The Balaban J connectivity index is 1.68. The Kier molecular flexibility index (Phi) is 5.12. The smallest absolute Gasteiger partial charge is 0.276 e. The molecule has 1 aromatic heterocycles. The minimum atomic E-state index is -0.257. The number of rotatable bonds is 6. The Hall–Kier alpha value is -3.48. The number of methoxy groups -OCH3 is 3. The second-order valence-corrected chi connectivity index (χ2v) is 6.74. The number of amides is 1. The van der Waals surface area contributed by atoms with Gasteiger partial charge in [-0.2, -0.15) is 5.10 Å². The van der Waals surface area contributed by atoms with Crippen LogP contribution in [0.25, 0.3) is 5.69 Å². The molecule has 0 aliphatic heterocycles. The minimum absolute atomic E-state index is 0.257. The average Bonchev–Trinajstić information content (AvgIpc) is 3.36. The Morgan fingerprint density at radius 3 is 2.31 bits per heavy atom. The quantitative estimate of drug-likeness (QED) is 0.692. The van der Waals surface area contributed by atoms with Gasteiger partial charge in [0.05, 0.1) is 27.0 Å². The first-order valence-electron chi connectivity index (χ1n) is 9.43. The molecular weight excluding hydrogens is 370 g/mol. The number of benzene rings is 2. The predicted octanol–water partition coefficient (Wildman–Crippen LogP) is 3.64. The van der Waals surface area contributed by atoms with Gasteiger partial charge in [0.15, 0.2) is 17.2 Å². The second kappa shape index (κ2) is 7.87. The fourth-order valence-electron chi connectivity index (χ4n) is 3.75. The Morgan fingerprint density at radius 1 is 1.00 bits per heavy atom. The van der Waals surface area contributed by atoms with Crippen LogP contribution in [0.2, 0.25) is 0 Å². The Morgan fingerprint density at radius 2 is 1.69 bits per heavy atom. The van der Waals surface area contributed by atoms with E-state index in [0.717, 1.165) is 36.2 Å². The molecule has 3 aromatic rings. The molecule has 0 saturated carbocycles. The fraction of sp³-hybridized carbons (Fsp3) is 0.273. The van der Waals surface area contributed by atoms with Crippen molar-refractivity contribution in [2.75, 3.05) is 26.6 Å². The summed E-state index contributed by atoms with van der Waals surface area (Å²) in [5.41, 5.74) is 4.07. The van der Waals surface area contributed by atoms with Crippen LogP contribution in [-0.4, -0.2) is 37.0 Å². The van der Waals surface area contributed by atoms with Crippen LogP contribution in [-0.2, 0) is 12.8 Å². The molecule has 7 nitrogen and oxygen atoms in total. The molecule has 0 radical (unpaired) electrons. The molecule has 1 amide bonds. The summed E-state index contributed by atoms with van der Waals surface area (Å²) in [5.74, 6) is 1.17. The fourth-order valence-corrected chi connectivity index (χ4v) is 3.75. The van der Waals surface area contributed by atoms with E-state index in [1.165, 1.54) is 21.3 Å². The van der Waals surface area contributed by atoms with Crippen LogP contribution in [0.1, 0.15) is 28.2 Å². The predicted molar refractivity (Wildman–Crippen MR) is 110 cm³/mol. The molecule has 0 spiro atoms. The summed E-state index contributed by atoms with van der Waals surface area (Å²) < 4.78 is 18.0. The maximum Gasteiger partial charge on any atom is 0.276 e. The van der Waals surface area contributed by atoms with Gasteiger partial charge in [-0.15, -0.1) is 0 Å². The van der Waals surface area contributed by atoms with Crippen molar-refractivity contribution in [3.8, 4) is 22.9 Å². The van der Waals surface area contributed by atoms with E-state index in [0.29, 0.717) is 28.6 Å². The van der Waals surface area contributed by atoms with Crippen LogP contribution in [0.4, 0.5) is 5.69 Å². The topological polar surface area (TPSA) is 74.6 Å². The summed E-state index contributed by atoms with van der Waals surface area (Å²) in [5, 5.41) is 7.56. The number of fused-ring (bicyclic) bond motifs is 1. The second-order valence-electron chi connectivity index (χ2n) is 6.74. The Bertz CT molecular complexity index is 1020. The molecule has 150 valence electrons. The molecule has 1 aliphatic rings. The third-order valence-corrected chi connectivity index (χ3v) is 5.07. The van der Waals surface area contributed by atoms with Crippen molar-refractivity contribution in [3.63, 3.8) is 0 Å². The van der Waals surface area contributed by atoms with Crippen LogP contribution in [0.5, 0.6) is 17.2 Å². The summed E-state index contributed by atoms with van der Waals surface area (Å²) in [6, 6.07) is 13.3. The molecule has 0 saturated heterocycles. The van der Waals surface area contributed by atoms with E-state index < -0.39 is 0 Å². The van der Waals surface area contributed by atoms with E-state index in [-0.39, 0.29) is 5.91 Å². The number of carbonyl (C=O) groups excluding carboxylic acids is 1. The van der Waals surface area contributed by atoms with Gasteiger partial charge in [-0.05, 0) is 31.4 Å². The number of nitrogens with zero attached hydrogens (tertiary/aromatic N) is 2. The lowest BCUT2D eigenvalue weighted by Gasteiger charge is -2.14. The summed E-state index contributed by atoms with van der Waals surface area (Å²) in [6.45, 7) is 0. The standard InChI is InChI=1S/C22H23N3O4/c1-27-18-12-14(13-19(28-2)21(18)29-3)23-22(26)20-16-10-7-11-17(16)25(24-20)15-8-5-4-6-9-15/h4-6,8-9,12-13H,7,10-11H2,1-3H3,(H,23,26). The zero-order chi connectivity index (χ0) is 20.4. The van der Waals surface area contributed by atoms with Crippen LogP contribution in [0, 0.1) is 0 Å². The number of hydrogen-bond acceptors (Lipinski definition) is 5. The van der Waals surface area contributed by atoms with Gasteiger partial charge in [-0.25, -0.2) is 4.68 Å². The maximum atomic E-state index is 13.1. The van der Waals surface area contributed by atoms with E-state index >= 15 is 0 Å². The first-order chi connectivity index (χ1) is 14.2. The summed E-state index contributed by atoms with van der Waals surface area (Å²) in [4.78, 5) is 13.1. The molecule has 1 heterocycles. The van der Waals surface area contributed by atoms with E-state index in [4.69, 9.17) is 14.2 Å².